The summed E-state index contributed by atoms with van der Waals surface area (Å²) in [5.74, 6) is -0.143. The number of benzene rings is 1. The van der Waals surface area contributed by atoms with E-state index in [-0.39, 0.29) is 23.6 Å². The average molecular weight is 388 g/mol. The van der Waals surface area contributed by atoms with Gasteiger partial charge in [0.15, 0.2) is 0 Å². The Hall–Kier alpha value is -2.60. The van der Waals surface area contributed by atoms with Crippen molar-refractivity contribution in [3.05, 3.63) is 52.3 Å². The second kappa shape index (κ2) is 8.39. The zero-order valence-electron chi connectivity index (χ0n) is 15.3. The molecule has 0 bridgehead atoms. The van der Waals surface area contributed by atoms with E-state index in [9.17, 15) is 9.59 Å². The zero-order valence-corrected chi connectivity index (χ0v) is 16.1. The standard InChI is InChI=1S/C20H22ClN3O3/c1-12-9-16(18(27-2)11-15(12)21)24-19(25)13-7-8-22-17(10-13)20(26)23-14-5-3-4-6-14/h7-11,14H,3-6H2,1-2H3,(H,23,26)(H,24,25). The molecule has 1 fully saturated rings. The molecule has 0 spiro atoms. The summed E-state index contributed by atoms with van der Waals surface area (Å²) < 4.78 is 5.28. The second-order valence-electron chi connectivity index (χ2n) is 6.64. The van der Waals surface area contributed by atoms with E-state index >= 15 is 0 Å². The minimum Gasteiger partial charge on any atom is -0.495 e. The van der Waals surface area contributed by atoms with Crippen LogP contribution in [0.4, 0.5) is 5.69 Å². The van der Waals surface area contributed by atoms with Crippen LogP contribution < -0.4 is 15.4 Å². The molecule has 2 N–H and O–H groups in total. The molecule has 7 heteroatoms. The molecule has 2 aromatic rings. The molecule has 3 rings (SSSR count). The molecule has 0 unspecified atom stereocenters. The molecule has 1 aliphatic rings. The quantitative estimate of drug-likeness (QED) is 0.813. The first kappa shape index (κ1) is 19.2. The van der Waals surface area contributed by atoms with E-state index in [1.54, 1.807) is 18.2 Å². The molecular weight excluding hydrogens is 366 g/mol. The predicted octanol–water partition coefficient (Wildman–Crippen LogP) is 3.98. The van der Waals surface area contributed by atoms with Crippen LogP contribution in [0.25, 0.3) is 0 Å². The number of aryl methyl sites for hydroxylation is 1. The lowest BCUT2D eigenvalue weighted by molar-refractivity contribution is 0.0933. The fourth-order valence-corrected chi connectivity index (χ4v) is 3.30. The third kappa shape index (κ3) is 4.57. The second-order valence-corrected chi connectivity index (χ2v) is 7.05. The maximum Gasteiger partial charge on any atom is 0.270 e. The molecular formula is C20H22ClN3O3. The molecule has 2 amide bonds. The summed E-state index contributed by atoms with van der Waals surface area (Å²) in [5.41, 5.74) is 1.90. The Bertz CT molecular complexity index is 864. The first-order valence-electron chi connectivity index (χ1n) is 8.90. The van der Waals surface area contributed by atoms with Gasteiger partial charge in [0.05, 0.1) is 12.8 Å². The number of hydrogen-bond donors (Lipinski definition) is 2. The monoisotopic (exact) mass is 387 g/mol. The number of pyridine rings is 1. The van der Waals surface area contributed by atoms with Crippen molar-refractivity contribution in [2.24, 2.45) is 0 Å². The average Bonchev–Trinajstić information content (AvgIpc) is 3.17. The Balaban J connectivity index is 1.75. The number of halogens is 1. The molecule has 1 saturated carbocycles. The van der Waals surface area contributed by atoms with Gasteiger partial charge in [0.1, 0.15) is 11.4 Å². The van der Waals surface area contributed by atoms with Crippen LogP contribution in [0.5, 0.6) is 5.75 Å². The van der Waals surface area contributed by atoms with E-state index in [0.29, 0.717) is 22.0 Å². The van der Waals surface area contributed by atoms with Gasteiger partial charge in [-0.15, -0.1) is 0 Å². The summed E-state index contributed by atoms with van der Waals surface area (Å²) >= 11 is 6.10. The number of ether oxygens (including phenoxy) is 1. The number of aromatic nitrogens is 1. The van der Waals surface area contributed by atoms with Gasteiger partial charge >= 0.3 is 0 Å². The number of nitrogens with one attached hydrogen (secondary N) is 2. The molecule has 0 saturated heterocycles. The smallest absolute Gasteiger partial charge is 0.270 e. The molecule has 0 atom stereocenters. The van der Waals surface area contributed by atoms with Gasteiger partial charge in [-0.25, -0.2) is 0 Å². The molecule has 1 aliphatic carbocycles. The van der Waals surface area contributed by atoms with E-state index in [1.807, 2.05) is 6.92 Å². The van der Waals surface area contributed by atoms with Crippen molar-refractivity contribution in [1.82, 2.24) is 10.3 Å². The van der Waals surface area contributed by atoms with Crippen molar-refractivity contribution >= 4 is 29.1 Å². The topological polar surface area (TPSA) is 80.3 Å². The van der Waals surface area contributed by atoms with Crippen molar-refractivity contribution in [3.63, 3.8) is 0 Å². The molecule has 1 aromatic carbocycles. The Morgan fingerprint density at radius 2 is 1.93 bits per heavy atom. The summed E-state index contributed by atoms with van der Waals surface area (Å²) in [6.07, 6.45) is 5.69. The summed E-state index contributed by atoms with van der Waals surface area (Å²) in [6, 6.07) is 6.65. The van der Waals surface area contributed by atoms with E-state index in [4.69, 9.17) is 16.3 Å². The minimum atomic E-state index is -0.354. The van der Waals surface area contributed by atoms with Crippen LogP contribution in [0, 0.1) is 6.92 Å². The molecule has 6 nitrogen and oxygen atoms in total. The minimum absolute atomic E-state index is 0.193. The van der Waals surface area contributed by atoms with Crippen LogP contribution in [0.3, 0.4) is 0 Å². The Morgan fingerprint density at radius 3 is 2.63 bits per heavy atom. The Labute approximate surface area is 163 Å². The van der Waals surface area contributed by atoms with Gasteiger partial charge in [-0.3, -0.25) is 14.6 Å². The number of nitrogens with zero attached hydrogens (tertiary/aromatic N) is 1. The molecule has 1 heterocycles. The molecule has 0 radical (unpaired) electrons. The van der Waals surface area contributed by atoms with Gasteiger partial charge in [0.2, 0.25) is 0 Å². The van der Waals surface area contributed by atoms with Crippen LogP contribution >= 0.6 is 11.6 Å². The molecule has 27 heavy (non-hydrogen) atoms. The number of carbonyl (C=O) groups is 2. The largest absolute Gasteiger partial charge is 0.495 e. The normalized spacial score (nSPS) is 14.0. The maximum absolute atomic E-state index is 12.6. The number of hydrogen-bond acceptors (Lipinski definition) is 4. The summed E-state index contributed by atoms with van der Waals surface area (Å²) in [7, 11) is 1.51. The van der Waals surface area contributed by atoms with Crippen LogP contribution in [0.15, 0.2) is 30.5 Å². The van der Waals surface area contributed by atoms with Crippen molar-refractivity contribution in [2.45, 2.75) is 38.6 Å². The summed E-state index contributed by atoms with van der Waals surface area (Å²) in [4.78, 5) is 29.1. The number of anilines is 1. The highest BCUT2D eigenvalue weighted by molar-refractivity contribution is 6.31. The Morgan fingerprint density at radius 1 is 1.19 bits per heavy atom. The first-order valence-corrected chi connectivity index (χ1v) is 9.28. The predicted molar refractivity (Wildman–Crippen MR) is 105 cm³/mol. The van der Waals surface area contributed by atoms with E-state index in [1.165, 1.54) is 19.4 Å². The summed E-state index contributed by atoms with van der Waals surface area (Å²) in [6.45, 7) is 1.84. The van der Waals surface area contributed by atoms with Crippen LogP contribution in [0.1, 0.15) is 52.1 Å². The van der Waals surface area contributed by atoms with Gasteiger partial charge in [-0.05, 0) is 43.5 Å². The van der Waals surface area contributed by atoms with Crippen molar-refractivity contribution in [2.75, 3.05) is 12.4 Å². The third-order valence-electron chi connectivity index (χ3n) is 4.67. The van der Waals surface area contributed by atoms with Gasteiger partial charge in [0.25, 0.3) is 11.8 Å². The van der Waals surface area contributed by atoms with Crippen LogP contribution in [0.2, 0.25) is 5.02 Å². The highest BCUT2D eigenvalue weighted by Crippen LogP contribution is 2.31. The zero-order chi connectivity index (χ0) is 19.4. The van der Waals surface area contributed by atoms with Crippen molar-refractivity contribution in [3.8, 4) is 5.75 Å². The fraction of sp³-hybridized carbons (Fsp3) is 0.350. The lowest BCUT2D eigenvalue weighted by Gasteiger charge is -2.13. The molecule has 1 aromatic heterocycles. The Kier molecular flexibility index (Phi) is 5.96. The van der Waals surface area contributed by atoms with Crippen LogP contribution in [-0.2, 0) is 0 Å². The lowest BCUT2D eigenvalue weighted by atomic mass is 10.1. The van der Waals surface area contributed by atoms with E-state index in [0.717, 1.165) is 31.2 Å². The first-order chi connectivity index (χ1) is 13.0. The lowest BCUT2D eigenvalue weighted by Crippen LogP contribution is -2.33. The number of methoxy groups -OCH3 is 1. The number of amides is 2. The fourth-order valence-electron chi connectivity index (χ4n) is 3.15. The number of carbonyl (C=O) groups excluding carboxylic acids is 2. The van der Waals surface area contributed by atoms with Gasteiger partial charge < -0.3 is 15.4 Å². The van der Waals surface area contributed by atoms with Crippen molar-refractivity contribution < 1.29 is 14.3 Å². The summed E-state index contributed by atoms with van der Waals surface area (Å²) in [5, 5.41) is 6.33. The van der Waals surface area contributed by atoms with Gasteiger partial charge in [0, 0.05) is 28.9 Å². The van der Waals surface area contributed by atoms with E-state index < -0.39 is 0 Å². The van der Waals surface area contributed by atoms with E-state index in [2.05, 4.69) is 15.6 Å². The third-order valence-corrected chi connectivity index (χ3v) is 5.08. The molecule has 142 valence electrons. The number of rotatable bonds is 5. The highest BCUT2D eigenvalue weighted by atomic mass is 35.5. The highest BCUT2D eigenvalue weighted by Gasteiger charge is 2.20. The van der Waals surface area contributed by atoms with Gasteiger partial charge in [-0.1, -0.05) is 24.4 Å². The molecule has 0 aliphatic heterocycles. The van der Waals surface area contributed by atoms with Gasteiger partial charge in [-0.2, -0.15) is 0 Å². The SMILES string of the molecule is COc1cc(Cl)c(C)cc1NC(=O)c1ccnc(C(=O)NC2CCCC2)c1. The van der Waals surface area contributed by atoms with Crippen molar-refractivity contribution in [1.29, 1.82) is 0 Å². The van der Waals surface area contributed by atoms with Crippen LogP contribution in [-0.4, -0.2) is 29.9 Å². The maximum atomic E-state index is 12.6.